The zero-order valence-electron chi connectivity index (χ0n) is 23.3. The van der Waals surface area contributed by atoms with Gasteiger partial charge in [-0.1, -0.05) is 40.9 Å². The van der Waals surface area contributed by atoms with Crippen molar-refractivity contribution in [1.82, 2.24) is 14.7 Å². The molecule has 0 N–H and O–H groups in total. The number of halogens is 3. The van der Waals surface area contributed by atoms with Crippen LogP contribution >= 0.6 is 34.8 Å². The molecule has 2 aromatic carbocycles. The third-order valence-electron chi connectivity index (χ3n) is 7.66. The van der Waals surface area contributed by atoms with Crippen LogP contribution in [0.4, 0.5) is 4.79 Å². The summed E-state index contributed by atoms with van der Waals surface area (Å²) in [6.45, 7) is 7.48. The molecule has 2 aromatic rings. The van der Waals surface area contributed by atoms with Crippen molar-refractivity contribution in [1.29, 1.82) is 0 Å². The third-order valence-corrected chi connectivity index (χ3v) is 8.66. The van der Waals surface area contributed by atoms with Crippen molar-refractivity contribution < 1.29 is 19.1 Å². The molecule has 4 rings (SSSR count). The second kappa shape index (κ2) is 12.6. The molecule has 2 saturated heterocycles. The third kappa shape index (κ3) is 7.23. The fourth-order valence-corrected chi connectivity index (χ4v) is 5.95. The Morgan fingerprint density at radius 1 is 0.875 bits per heavy atom. The number of nitrogens with zero attached hydrogens (tertiary/aromatic N) is 3. The van der Waals surface area contributed by atoms with Crippen molar-refractivity contribution in [2.45, 2.75) is 57.6 Å². The van der Waals surface area contributed by atoms with E-state index in [1.807, 2.05) is 37.8 Å². The first-order valence-corrected chi connectivity index (χ1v) is 14.7. The maximum atomic E-state index is 13.7. The van der Waals surface area contributed by atoms with Crippen LogP contribution in [0.2, 0.25) is 15.1 Å². The van der Waals surface area contributed by atoms with Crippen molar-refractivity contribution in [3.8, 4) is 0 Å². The van der Waals surface area contributed by atoms with Gasteiger partial charge in [-0.15, -0.1) is 0 Å². The van der Waals surface area contributed by atoms with Crippen LogP contribution in [0, 0.1) is 5.92 Å². The minimum atomic E-state index is -0.560. The van der Waals surface area contributed by atoms with Crippen LogP contribution in [0.3, 0.4) is 0 Å². The van der Waals surface area contributed by atoms with Gasteiger partial charge in [0.25, 0.3) is 5.91 Å². The molecule has 0 aliphatic carbocycles. The Morgan fingerprint density at radius 2 is 1.50 bits per heavy atom. The predicted octanol–water partition coefficient (Wildman–Crippen LogP) is 6.75. The standard InChI is InChI=1S/C30H36Cl3N3O4/c1-30(2,3)40-29(39)35-14-11-20(12-15-35)28(38)36-16-13-26(23(18-36)21-7-10-24(32)25(33)17-21)34(4)27(37)19-5-8-22(31)9-6-19/h5-10,17,20,23,26H,11-16,18H2,1-4H3/t23-,26+/m0/s1. The molecule has 40 heavy (non-hydrogen) atoms. The molecular weight excluding hydrogens is 573 g/mol. The topological polar surface area (TPSA) is 70.2 Å². The lowest BCUT2D eigenvalue weighted by Gasteiger charge is -2.44. The van der Waals surface area contributed by atoms with Crippen molar-refractivity contribution >= 4 is 52.7 Å². The van der Waals surface area contributed by atoms with E-state index in [2.05, 4.69) is 0 Å². The Bertz CT molecular complexity index is 1240. The van der Waals surface area contributed by atoms with Crippen LogP contribution in [0.1, 0.15) is 61.9 Å². The van der Waals surface area contributed by atoms with E-state index >= 15 is 0 Å². The van der Waals surface area contributed by atoms with Crippen LogP contribution in [0.25, 0.3) is 0 Å². The molecule has 0 spiro atoms. The maximum absolute atomic E-state index is 13.7. The lowest BCUT2D eigenvalue weighted by Crippen LogP contribution is -2.53. The summed E-state index contributed by atoms with van der Waals surface area (Å²) in [5.41, 5.74) is 0.915. The molecule has 0 saturated carbocycles. The Kier molecular flexibility index (Phi) is 9.59. The van der Waals surface area contributed by atoms with Crippen LogP contribution in [-0.4, -0.2) is 77.5 Å². The monoisotopic (exact) mass is 607 g/mol. The van der Waals surface area contributed by atoms with E-state index < -0.39 is 5.60 Å². The summed E-state index contributed by atoms with van der Waals surface area (Å²) >= 11 is 18.6. The van der Waals surface area contributed by atoms with Crippen molar-refractivity contribution in [3.63, 3.8) is 0 Å². The SMILES string of the molecule is CN(C(=O)c1ccc(Cl)cc1)[C@@H]1CCN(C(=O)C2CCN(C(=O)OC(C)(C)C)CC2)C[C@H]1c1ccc(Cl)c(Cl)c1. The van der Waals surface area contributed by atoms with Crippen molar-refractivity contribution in [2.24, 2.45) is 5.92 Å². The molecule has 7 nitrogen and oxygen atoms in total. The number of ether oxygens (including phenoxy) is 1. The Hall–Kier alpha value is -2.48. The van der Waals surface area contributed by atoms with Gasteiger partial charge in [-0.05, 0) is 82.0 Å². The average molecular weight is 609 g/mol. The molecule has 0 unspecified atom stereocenters. The van der Waals surface area contributed by atoms with E-state index in [0.29, 0.717) is 66.1 Å². The lowest BCUT2D eigenvalue weighted by atomic mass is 9.83. The Labute approximate surface area is 251 Å². The summed E-state index contributed by atoms with van der Waals surface area (Å²) in [4.78, 5) is 44.9. The molecule has 0 radical (unpaired) electrons. The van der Waals surface area contributed by atoms with Gasteiger partial charge in [-0.3, -0.25) is 9.59 Å². The van der Waals surface area contributed by atoms with Crippen LogP contribution in [-0.2, 0) is 9.53 Å². The number of likely N-dealkylation sites (tertiary alicyclic amines) is 2. The number of rotatable bonds is 4. The first-order chi connectivity index (χ1) is 18.8. The van der Waals surface area contributed by atoms with Gasteiger partial charge in [0.2, 0.25) is 5.91 Å². The summed E-state index contributed by atoms with van der Waals surface area (Å²) in [7, 11) is 1.80. The van der Waals surface area contributed by atoms with Gasteiger partial charge in [0.05, 0.1) is 10.0 Å². The van der Waals surface area contributed by atoms with E-state index in [-0.39, 0.29) is 35.8 Å². The summed E-state index contributed by atoms with van der Waals surface area (Å²) in [5.74, 6) is -0.353. The zero-order chi connectivity index (χ0) is 29.2. The summed E-state index contributed by atoms with van der Waals surface area (Å²) in [5, 5.41) is 1.45. The molecule has 2 aliphatic rings. The fraction of sp³-hybridized carbons (Fsp3) is 0.500. The quantitative estimate of drug-likeness (QED) is 0.385. The minimum Gasteiger partial charge on any atom is -0.444 e. The predicted molar refractivity (Wildman–Crippen MR) is 158 cm³/mol. The first-order valence-electron chi connectivity index (χ1n) is 13.6. The highest BCUT2D eigenvalue weighted by atomic mass is 35.5. The molecule has 2 atom stereocenters. The zero-order valence-corrected chi connectivity index (χ0v) is 25.6. The highest BCUT2D eigenvalue weighted by Gasteiger charge is 2.39. The normalized spacial score (nSPS) is 20.3. The lowest BCUT2D eigenvalue weighted by molar-refractivity contribution is -0.139. The first kappa shape index (κ1) is 30.5. The molecule has 10 heteroatoms. The maximum Gasteiger partial charge on any atom is 0.410 e. The molecular formula is C30H36Cl3N3O4. The molecule has 2 fully saturated rings. The van der Waals surface area contributed by atoms with Gasteiger partial charge in [0.15, 0.2) is 0 Å². The number of likely N-dealkylation sites (N-methyl/N-ethyl adjacent to an activating group) is 1. The minimum absolute atomic E-state index is 0.0824. The average Bonchev–Trinajstić information content (AvgIpc) is 2.92. The van der Waals surface area contributed by atoms with E-state index in [0.717, 1.165) is 5.56 Å². The van der Waals surface area contributed by atoms with Crippen molar-refractivity contribution in [2.75, 3.05) is 33.2 Å². The van der Waals surface area contributed by atoms with Crippen LogP contribution < -0.4 is 0 Å². The highest BCUT2D eigenvalue weighted by molar-refractivity contribution is 6.42. The molecule has 3 amide bonds. The smallest absolute Gasteiger partial charge is 0.410 e. The molecule has 2 heterocycles. The molecule has 216 valence electrons. The summed E-state index contributed by atoms with van der Waals surface area (Å²) in [6.07, 6.45) is 1.45. The number of carbonyl (C=O) groups is 3. The van der Waals surface area contributed by atoms with Gasteiger partial charge < -0.3 is 19.4 Å². The molecule has 0 aromatic heterocycles. The Balaban J connectivity index is 1.49. The number of hydrogen-bond acceptors (Lipinski definition) is 4. The number of piperidine rings is 2. The number of carbonyl (C=O) groups excluding carboxylic acids is 3. The fourth-order valence-electron chi connectivity index (χ4n) is 5.51. The summed E-state index contributed by atoms with van der Waals surface area (Å²) in [6, 6.07) is 12.2. The van der Waals surface area contributed by atoms with Gasteiger partial charge >= 0.3 is 6.09 Å². The number of benzene rings is 2. The van der Waals surface area contributed by atoms with Gasteiger partial charge in [-0.25, -0.2) is 4.79 Å². The van der Waals surface area contributed by atoms with E-state index in [1.165, 1.54) is 0 Å². The van der Waals surface area contributed by atoms with Crippen molar-refractivity contribution in [3.05, 3.63) is 68.7 Å². The highest BCUT2D eigenvalue weighted by Crippen LogP contribution is 2.36. The van der Waals surface area contributed by atoms with Gasteiger partial charge in [0, 0.05) is 61.7 Å². The number of hydrogen-bond donors (Lipinski definition) is 0. The van der Waals surface area contributed by atoms with Gasteiger partial charge in [0.1, 0.15) is 5.60 Å². The second-order valence-corrected chi connectivity index (χ2v) is 12.8. The summed E-state index contributed by atoms with van der Waals surface area (Å²) < 4.78 is 5.49. The van der Waals surface area contributed by atoms with Crippen LogP contribution in [0.15, 0.2) is 42.5 Å². The van der Waals surface area contributed by atoms with Gasteiger partial charge in [-0.2, -0.15) is 0 Å². The van der Waals surface area contributed by atoms with E-state index in [9.17, 15) is 14.4 Å². The molecule has 2 aliphatic heterocycles. The molecule has 0 bridgehead atoms. The Morgan fingerprint density at radius 3 is 2.10 bits per heavy atom. The van der Waals surface area contributed by atoms with E-state index in [1.54, 1.807) is 47.2 Å². The van der Waals surface area contributed by atoms with E-state index in [4.69, 9.17) is 39.5 Å². The second-order valence-electron chi connectivity index (χ2n) is 11.6. The number of amides is 3. The largest absolute Gasteiger partial charge is 0.444 e. The van der Waals surface area contributed by atoms with Crippen LogP contribution in [0.5, 0.6) is 0 Å².